The summed E-state index contributed by atoms with van der Waals surface area (Å²) in [5, 5.41) is 6.45. The minimum absolute atomic E-state index is 0.116. The third-order valence-corrected chi connectivity index (χ3v) is 7.47. The van der Waals surface area contributed by atoms with Crippen molar-refractivity contribution >= 4 is 29.0 Å². The van der Waals surface area contributed by atoms with Crippen LogP contribution in [-0.4, -0.2) is 42.4 Å². The van der Waals surface area contributed by atoms with Gasteiger partial charge in [-0.3, -0.25) is 9.59 Å². The van der Waals surface area contributed by atoms with Gasteiger partial charge in [-0.05, 0) is 41.8 Å². The summed E-state index contributed by atoms with van der Waals surface area (Å²) in [6, 6.07) is 17.3. The van der Waals surface area contributed by atoms with Gasteiger partial charge < -0.3 is 24.5 Å². The number of carbonyl (C=O) groups excluding carboxylic acids is 1. The van der Waals surface area contributed by atoms with E-state index in [2.05, 4.69) is 38.6 Å². The molecule has 2 N–H and O–H groups in total. The predicted octanol–water partition coefficient (Wildman–Crippen LogP) is 4.17. The topological polar surface area (TPSA) is 100 Å². The zero-order chi connectivity index (χ0) is 23.8. The van der Waals surface area contributed by atoms with Crippen molar-refractivity contribution in [3.8, 4) is 11.3 Å². The predicted molar refractivity (Wildman–Crippen MR) is 133 cm³/mol. The van der Waals surface area contributed by atoms with Crippen molar-refractivity contribution in [2.75, 3.05) is 36.5 Å². The summed E-state index contributed by atoms with van der Waals surface area (Å²) < 4.78 is 10.4. The van der Waals surface area contributed by atoms with Gasteiger partial charge in [-0.2, -0.15) is 0 Å². The molecule has 0 unspecified atom stereocenters. The first-order valence-corrected chi connectivity index (χ1v) is 12.2. The number of amides is 1. The van der Waals surface area contributed by atoms with Crippen molar-refractivity contribution in [2.45, 2.75) is 16.2 Å². The molecule has 2 aromatic carbocycles. The summed E-state index contributed by atoms with van der Waals surface area (Å²) >= 11 is 1.68. The standard InChI is InChI=1S/C26H22N4O4S/c31-24-15-19(30-8-10-33-11-9-30)14-21(29-24)20-3-1-2-16-12-17-13-18(4-5-23(17)35-25(16)20)28-26(32)22-6-7-27-34-22/h1-7,13-15H,8-12H2,(H,28,32)(H,29,31). The van der Waals surface area contributed by atoms with Crippen LogP contribution in [0.25, 0.3) is 11.3 Å². The van der Waals surface area contributed by atoms with Crippen LogP contribution in [0.4, 0.5) is 11.4 Å². The number of aromatic nitrogens is 2. The Hall–Kier alpha value is -3.82. The Bertz CT molecular complexity index is 1460. The summed E-state index contributed by atoms with van der Waals surface area (Å²) in [6.07, 6.45) is 2.17. The first-order valence-electron chi connectivity index (χ1n) is 11.4. The van der Waals surface area contributed by atoms with Crippen LogP contribution in [-0.2, 0) is 11.2 Å². The lowest BCUT2D eigenvalue weighted by atomic mass is 9.99. The monoisotopic (exact) mass is 486 g/mol. The van der Waals surface area contributed by atoms with Gasteiger partial charge in [0.15, 0.2) is 0 Å². The van der Waals surface area contributed by atoms with Crippen molar-refractivity contribution < 1.29 is 14.1 Å². The molecule has 2 aliphatic heterocycles. The van der Waals surface area contributed by atoms with Gasteiger partial charge in [-0.25, -0.2) is 0 Å². The van der Waals surface area contributed by atoms with Crippen molar-refractivity contribution in [2.24, 2.45) is 0 Å². The zero-order valence-corrected chi connectivity index (χ0v) is 19.6. The molecule has 1 amide bonds. The van der Waals surface area contributed by atoms with Crippen LogP contribution in [0.2, 0.25) is 0 Å². The minimum atomic E-state index is -0.335. The molecule has 176 valence electrons. The van der Waals surface area contributed by atoms with Crippen LogP contribution < -0.4 is 15.8 Å². The van der Waals surface area contributed by atoms with E-state index in [1.54, 1.807) is 17.8 Å². The Morgan fingerprint density at radius 2 is 1.94 bits per heavy atom. The number of hydrogen-bond donors (Lipinski definition) is 2. The summed E-state index contributed by atoms with van der Waals surface area (Å²) in [4.78, 5) is 32.3. The lowest BCUT2D eigenvalue weighted by Crippen LogP contribution is -2.36. The van der Waals surface area contributed by atoms with E-state index in [1.807, 2.05) is 24.3 Å². The van der Waals surface area contributed by atoms with Crippen LogP contribution in [0.1, 0.15) is 21.7 Å². The van der Waals surface area contributed by atoms with Crippen LogP contribution >= 0.6 is 11.8 Å². The number of hydrogen-bond acceptors (Lipinski definition) is 7. The van der Waals surface area contributed by atoms with Crippen molar-refractivity contribution in [3.05, 3.63) is 88.0 Å². The average molecular weight is 487 g/mol. The molecule has 8 nitrogen and oxygen atoms in total. The summed E-state index contributed by atoms with van der Waals surface area (Å²) in [7, 11) is 0. The van der Waals surface area contributed by atoms with Gasteiger partial charge in [0.2, 0.25) is 11.3 Å². The number of morpholine rings is 1. The maximum absolute atomic E-state index is 12.5. The summed E-state index contributed by atoms with van der Waals surface area (Å²) in [6.45, 7) is 2.87. The second kappa shape index (κ2) is 9.09. The SMILES string of the molecule is O=C(Nc1ccc2c(c1)Cc1cccc(-c3cc(N4CCOCC4)cc(=O)[nH]3)c1S2)c1ccno1. The number of ether oxygens (including phenoxy) is 1. The molecule has 1 fully saturated rings. The molecular weight excluding hydrogens is 464 g/mol. The van der Waals surface area contributed by atoms with E-state index >= 15 is 0 Å². The number of carbonyl (C=O) groups is 1. The molecule has 2 aromatic heterocycles. The molecule has 4 heterocycles. The first kappa shape index (κ1) is 21.7. The molecule has 0 radical (unpaired) electrons. The molecule has 1 saturated heterocycles. The highest BCUT2D eigenvalue weighted by Gasteiger charge is 2.22. The van der Waals surface area contributed by atoms with Gasteiger partial charge in [0, 0.05) is 52.0 Å². The number of pyridine rings is 1. The fraction of sp³-hybridized carbons (Fsp3) is 0.192. The third-order valence-electron chi connectivity index (χ3n) is 6.16. The second-order valence-corrected chi connectivity index (χ2v) is 9.49. The maximum Gasteiger partial charge on any atom is 0.294 e. The van der Waals surface area contributed by atoms with E-state index in [9.17, 15) is 9.59 Å². The molecular formula is C26H22N4O4S. The highest BCUT2D eigenvalue weighted by atomic mass is 32.2. The number of rotatable bonds is 4. The third kappa shape index (κ3) is 4.36. The largest absolute Gasteiger partial charge is 0.378 e. The van der Waals surface area contributed by atoms with Crippen LogP contribution in [0.15, 0.2) is 79.9 Å². The van der Waals surface area contributed by atoms with E-state index in [1.165, 1.54) is 17.8 Å². The van der Waals surface area contributed by atoms with Gasteiger partial charge in [0.25, 0.3) is 5.91 Å². The van der Waals surface area contributed by atoms with Crippen LogP contribution in [0, 0.1) is 0 Å². The Morgan fingerprint density at radius 3 is 2.77 bits per heavy atom. The van der Waals surface area contributed by atoms with Crippen molar-refractivity contribution in [1.82, 2.24) is 10.1 Å². The number of H-pyrrole nitrogens is 1. The zero-order valence-electron chi connectivity index (χ0n) is 18.7. The number of nitrogens with one attached hydrogen (secondary N) is 2. The van der Waals surface area contributed by atoms with Gasteiger partial charge in [0.1, 0.15) is 0 Å². The van der Waals surface area contributed by atoms with Crippen molar-refractivity contribution in [3.63, 3.8) is 0 Å². The number of anilines is 2. The number of benzene rings is 2. The molecule has 0 bridgehead atoms. The molecule has 4 aromatic rings. The molecule has 35 heavy (non-hydrogen) atoms. The number of fused-ring (bicyclic) bond motifs is 2. The highest BCUT2D eigenvalue weighted by molar-refractivity contribution is 7.99. The second-order valence-electron chi connectivity index (χ2n) is 8.44. The highest BCUT2D eigenvalue weighted by Crippen LogP contribution is 2.45. The van der Waals surface area contributed by atoms with Gasteiger partial charge in [-0.1, -0.05) is 35.1 Å². The van der Waals surface area contributed by atoms with Gasteiger partial charge >= 0.3 is 0 Å². The van der Waals surface area contributed by atoms with Gasteiger partial charge in [-0.15, -0.1) is 0 Å². The Balaban J connectivity index is 1.30. The van der Waals surface area contributed by atoms with Crippen LogP contribution in [0.5, 0.6) is 0 Å². The quantitative estimate of drug-likeness (QED) is 0.393. The molecule has 0 spiro atoms. The first-order chi connectivity index (χ1) is 17.1. The summed E-state index contributed by atoms with van der Waals surface area (Å²) in [5.41, 5.74) is 5.62. The Labute approximate surface area is 205 Å². The summed E-state index contributed by atoms with van der Waals surface area (Å²) in [5.74, 6) is -0.168. The number of aromatic amines is 1. The fourth-order valence-corrected chi connectivity index (χ4v) is 5.65. The maximum atomic E-state index is 12.5. The lowest BCUT2D eigenvalue weighted by molar-refractivity contribution is 0.0988. The normalized spacial score (nSPS) is 14.8. The van der Waals surface area contributed by atoms with E-state index in [-0.39, 0.29) is 17.2 Å². The van der Waals surface area contributed by atoms with E-state index in [0.717, 1.165) is 51.8 Å². The minimum Gasteiger partial charge on any atom is -0.378 e. The lowest BCUT2D eigenvalue weighted by Gasteiger charge is -2.29. The molecule has 0 atom stereocenters. The molecule has 6 rings (SSSR count). The van der Waals surface area contributed by atoms with E-state index < -0.39 is 0 Å². The van der Waals surface area contributed by atoms with E-state index in [4.69, 9.17) is 9.26 Å². The fourth-order valence-electron chi connectivity index (χ4n) is 4.47. The molecule has 0 aliphatic carbocycles. The van der Waals surface area contributed by atoms with Gasteiger partial charge in [0.05, 0.1) is 25.1 Å². The Kier molecular flexibility index (Phi) is 5.63. The molecule has 2 aliphatic rings. The Morgan fingerprint density at radius 1 is 1.06 bits per heavy atom. The van der Waals surface area contributed by atoms with Crippen molar-refractivity contribution in [1.29, 1.82) is 0 Å². The van der Waals surface area contributed by atoms with E-state index in [0.29, 0.717) is 18.9 Å². The number of nitrogens with zero attached hydrogens (tertiary/aromatic N) is 2. The average Bonchev–Trinajstić information content (AvgIpc) is 3.43. The van der Waals surface area contributed by atoms with Crippen LogP contribution in [0.3, 0.4) is 0 Å². The molecule has 9 heteroatoms. The molecule has 0 saturated carbocycles. The smallest absolute Gasteiger partial charge is 0.294 e.